The summed E-state index contributed by atoms with van der Waals surface area (Å²) in [6, 6.07) is 5.72. The van der Waals surface area contributed by atoms with Gasteiger partial charge in [0.05, 0.1) is 12.3 Å². The normalized spacial score (nSPS) is 15.8. The number of anilines is 1. The number of hydrogen-bond acceptors (Lipinski definition) is 4. The molecule has 1 heterocycles. The van der Waals surface area contributed by atoms with E-state index in [2.05, 4.69) is 5.32 Å². The lowest BCUT2D eigenvalue weighted by Gasteiger charge is -2.38. The fourth-order valence-corrected chi connectivity index (χ4v) is 2.49. The first-order valence-electron chi connectivity index (χ1n) is 7.72. The highest BCUT2D eigenvalue weighted by molar-refractivity contribution is 6.02. The van der Waals surface area contributed by atoms with Crippen molar-refractivity contribution in [1.29, 1.82) is 0 Å². The van der Waals surface area contributed by atoms with E-state index in [1.54, 1.807) is 25.9 Å². The van der Waals surface area contributed by atoms with E-state index in [4.69, 9.17) is 9.47 Å². The number of ether oxygens (including phenoxy) is 2. The molecule has 0 atom stereocenters. The molecule has 1 aromatic rings. The molecule has 0 saturated carbocycles. The number of methoxy groups -OCH3 is 1. The number of nitrogens with one attached hydrogen (secondary N) is 1. The Morgan fingerprint density at radius 2 is 2.13 bits per heavy atom. The van der Waals surface area contributed by atoms with Crippen LogP contribution in [0, 0.1) is 6.92 Å². The molecule has 6 nitrogen and oxygen atoms in total. The van der Waals surface area contributed by atoms with E-state index in [1.165, 1.54) is 0 Å². The third kappa shape index (κ3) is 4.01. The summed E-state index contributed by atoms with van der Waals surface area (Å²) in [4.78, 5) is 26.2. The van der Waals surface area contributed by atoms with Crippen LogP contribution in [0.25, 0.3) is 0 Å². The molecule has 2 rings (SSSR count). The van der Waals surface area contributed by atoms with Crippen molar-refractivity contribution < 1.29 is 19.1 Å². The Balaban J connectivity index is 2.12. The maximum atomic E-state index is 12.6. The largest absolute Gasteiger partial charge is 0.476 e. The second-order valence-electron chi connectivity index (χ2n) is 6.13. The summed E-state index contributed by atoms with van der Waals surface area (Å²) >= 11 is 0. The molecular formula is C17H24N2O4. The van der Waals surface area contributed by atoms with Crippen molar-refractivity contribution in [2.45, 2.75) is 32.8 Å². The number of hydrogen-bond donors (Lipinski definition) is 1. The monoisotopic (exact) mass is 320 g/mol. The average molecular weight is 320 g/mol. The smallest absolute Gasteiger partial charge is 0.270 e. The highest BCUT2D eigenvalue weighted by Gasteiger charge is 2.40. The summed E-state index contributed by atoms with van der Waals surface area (Å²) in [5.41, 5.74) is 0.822. The van der Waals surface area contributed by atoms with E-state index in [1.807, 2.05) is 25.1 Å². The van der Waals surface area contributed by atoms with Gasteiger partial charge in [0.1, 0.15) is 5.75 Å². The zero-order valence-electron chi connectivity index (χ0n) is 14.1. The van der Waals surface area contributed by atoms with E-state index in [-0.39, 0.29) is 18.2 Å². The van der Waals surface area contributed by atoms with Gasteiger partial charge in [-0.2, -0.15) is 0 Å². The standard InChI is InChI=1S/C17H24N2O4/c1-12-5-6-14-13(11-12)19(16(21)17(2,3)23-14)9-7-15(20)18-8-10-22-4/h5-6,11H,7-10H2,1-4H3,(H,18,20). The van der Waals surface area contributed by atoms with Crippen molar-refractivity contribution in [3.05, 3.63) is 23.8 Å². The molecule has 23 heavy (non-hydrogen) atoms. The SMILES string of the molecule is COCCNC(=O)CCN1C(=O)C(C)(C)Oc2ccc(C)cc21. The van der Waals surface area contributed by atoms with E-state index < -0.39 is 5.60 Å². The third-order valence-electron chi connectivity index (χ3n) is 3.72. The quantitative estimate of drug-likeness (QED) is 0.809. The number of fused-ring (bicyclic) bond motifs is 1. The Kier molecular flexibility index (Phi) is 5.26. The Hall–Kier alpha value is -2.08. The summed E-state index contributed by atoms with van der Waals surface area (Å²) in [5.74, 6) is 0.425. The summed E-state index contributed by atoms with van der Waals surface area (Å²) < 4.78 is 10.7. The molecule has 0 bridgehead atoms. The number of amides is 2. The predicted octanol–water partition coefficient (Wildman–Crippen LogP) is 1.65. The summed E-state index contributed by atoms with van der Waals surface area (Å²) in [6.07, 6.45) is 0.235. The van der Waals surface area contributed by atoms with Gasteiger partial charge in [-0.3, -0.25) is 9.59 Å². The van der Waals surface area contributed by atoms with Gasteiger partial charge in [-0.1, -0.05) is 6.07 Å². The lowest BCUT2D eigenvalue weighted by atomic mass is 10.0. The molecule has 0 radical (unpaired) electrons. The van der Waals surface area contributed by atoms with E-state index in [0.29, 0.717) is 25.4 Å². The van der Waals surface area contributed by atoms with Crippen LogP contribution in [0.4, 0.5) is 5.69 Å². The van der Waals surface area contributed by atoms with Crippen molar-refractivity contribution in [3.8, 4) is 5.75 Å². The van der Waals surface area contributed by atoms with Gasteiger partial charge in [-0.05, 0) is 38.5 Å². The minimum atomic E-state index is -0.936. The zero-order chi connectivity index (χ0) is 17.0. The van der Waals surface area contributed by atoms with Crippen LogP contribution in [0.15, 0.2) is 18.2 Å². The van der Waals surface area contributed by atoms with Crippen LogP contribution in [0.5, 0.6) is 5.75 Å². The van der Waals surface area contributed by atoms with Crippen LogP contribution in [-0.4, -0.2) is 44.2 Å². The third-order valence-corrected chi connectivity index (χ3v) is 3.72. The molecule has 0 aromatic heterocycles. The van der Waals surface area contributed by atoms with Crippen molar-refractivity contribution in [2.24, 2.45) is 0 Å². The van der Waals surface area contributed by atoms with Gasteiger partial charge in [0.25, 0.3) is 5.91 Å². The lowest BCUT2D eigenvalue weighted by molar-refractivity contribution is -0.132. The van der Waals surface area contributed by atoms with Crippen LogP contribution in [0.1, 0.15) is 25.8 Å². The van der Waals surface area contributed by atoms with E-state index in [9.17, 15) is 9.59 Å². The van der Waals surface area contributed by atoms with Crippen molar-refractivity contribution >= 4 is 17.5 Å². The summed E-state index contributed by atoms with van der Waals surface area (Å²) in [7, 11) is 1.58. The highest BCUT2D eigenvalue weighted by atomic mass is 16.5. The second kappa shape index (κ2) is 7.00. The van der Waals surface area contributed by atoms with Crippen LogP contribution >= 0.6 is 0 Å². The van der Waals surface area contributed by atoms with Gasteiger partial charge in [0.15, 0.2) is 5.60 Å². The zero-order valence-corrected chi connectivity index (χ0v) is 14.1. The molecule has 0 saturated heterocycles. The predicted molar refractivity (Wildman–Crippen MR) is 87.7 cm³/mol. The molecule has 0 aliphatic carbocycles. The Morgan fingerprint density at radius 1 is 1.39 bits per heavy atom. The molecule has 0 fully saturated rings. The average Bonchev–Trinajstić information content (AvgIpc) is 2.49. The lowest BCUT2D eigenvalue weighted by Crippen LogP contribution is -2.53. The Bertz CT molecular complexity index is 598. The first-order chi connectivity index (χ1) is 10.8. The molecular weight excluding hydrogens is 296 g/mol. The van der Waals surface area contributed by atoms with E-state index >= 15 is 0 Å². The van der Waals surface area contributed by atoms with Gasteiger partial charge in [-0.25, -0.2) is 0 Å². The number of benzene rings is 1. The fourth-order valence-electron chi connectivity index (χ4n) is 2.49. The topological polar surface area (TPSA) is 67.9 Å². The maximum Gasteiger partial charge on any atom is 0.270 e. The first kappa shape index (κ1) is 17.3. The molecule has 126 valence electrons. The minimum Gasteiger partial charge on any atom is -0.476 e. The molecule has 1 aliphatic heterocycles. The van der Waals surface area contributed by atoms with Gasteiger partial charge >= 0.3 is 0 Å². The number of aryl methyl sites for hydroxylation is 1. The molecule has 0 spiro atoms. The number of carbonyl (C=O) groups is 2. The summed E-state index contributed by atoms with van der Waals surface area (Å²) in [6.45, 7) is 6.69. The molecule has 1 aromatic carbocycles. The molecule has 1 N–H and O–H groups in total. The second-order valence-corrected chi connectivity index (χ2v) is 6.13. The Morgan fingerprint density at radius 3 is 2.83 bits per heavy atom. The van der Waals surface area contributed by atoms with Crippen LogP contribution in [0.2, 0.25) is 0 Å². The van der Waals surface area contributed by atoms with Gasteiger partial charge < -0.3 is 19.7 Å². The highest BCUT2D eigenvalue weighted by Crippen LogP contribution is 2.38. The first-order valence-corrected chi connectivity index (χ1v) is 7.72. The van der Waals surface area contributed by atoms with Gasteiger partial charge in [0, 0.05) is 26.6 Å². The molecule has 0 unspecified atom stereocenters. The Labute approximate surface area is 136 Å². The number of nitrogens with zero attached hydrogens (tertiary/aromatic N) is 1. The van der Waals surface area contributed by atoms with Crippen LogP contribution in [0.3, 0.4) is 0 Å². The van der Waals surface area contributed by atoms with E-state index in [0.717, 1.165) is 11.3 Å². The van der Waals surface area contributed by atoms with Gasteiger partial charge in [0.2, 0.25) is 5.91 Å². The molecule has 6 heteroatoms. The van der Waals surface area contributed by atoms with Crippen molar-refractivity contribution in [3.63, 3.8) is 0 Å². The molecule has 1 aliphatic rings. The fraction of sp³-hybridized carbons (Fsp3) is 0.529. The van der Waals surface area contributed by atoms with Crippen LogP contribution < -0.4 is 15.0 Å². The number of carbonyl (C=O) groups excluding carboxylic acids is 2. The minimum absolute atomic E-state index is 0.103. The maximum absolute atomic E-state index is 12.6. The molecule has 2 amide bonds. The van der Waals surface area contributed by atoms with Crippen molar-refractivity contribution in [1.82, 2.24) is 5.32 Å². The number of rotatable bonds is 6. The van der Waals surface area contributed by atoms with Crippen molar-refractivity contribution in [2.75, 3.05) is 31.7 Å². The van der Waals surface area contributed by atoms with Gasteiger partial charge in [-0.15, -0.1) is 0 Å². The summed E-state index contributed by atoms with van der Waals surface area (Å²) in [5, 5.41) is 2.76. The van der Waals surface area contributed by atoms with Crippen LogP contribution in [-0.2, 0) is 14.3 Å².